The van der Waals surface area contributed by atoms with Crippen LogP contribution in [0.5, 0.6) is 5.75 Å². The molecule has 0 fully saturated rings. The van der Waals surface area contributed by atoms with Crippen LogP contribution in [0.3, 0.4) is 0 Å². The topological polar surface area (TPSA) is 48.3 Å². The smallest absolute Gasteiger partial charge is 0.293 e. The standard InChI is InChI=1S/C18H21NO3/c1-4-22-17-6-5-11-19(18(17)21)12-16(20)15-9-7-14(8-10-15)13(2)3/h5-11,13H,4,12H2,1-3H3. The summed E-state index contributed by atoms with van der Waals surface area (Å²) in [5.74, 6) is 0.605. The number of hydrogen-bond donors (Lipinski definition) is 0. The van der Waals surface area contributed by atoms with Crippen LogP contribution in [0.1, 0.15) is 42.6 Å². The molecule has 0 aliphatic carbocycles. The number of hydrogen-bond acceptors (Lipinski definition) is 3. The molecule has 22 heavy (non-hydrogen) atoms. The van der Waals surface area contributed by atoms with E-state index >= 15 is 0 Å². The number of aromatic nitrogens is 1. The van der Waals surface area contributed by atoms with Crippen molar-refractivity contribution in [2.24, 2.45) is 0 Å². The molecule has 0 atom stereocenters. The lowest BCUT2D eigenvalue weighted by Gasteiger charge is -2.09. The van der Waals surface area contributed by atoms with Crippen molar-refractivity contribution in [2.45, 2.75) is 33.2 Å². The lowest BCUT2D eigenvalue weighted by Crippen LogP contribution is -2.25. The lowest BCUT2D eigenvalue weighted by atomic mass is 10.0. The third-order valence-electron chi connectivity index (χ3n) is 3.50. The molecule has 0 unspecified atom stereocenters. The Labute approximate surface area is 130 Å². The first-order valence-corrected chi connectivity index (χ1v) is 7.48. The van der Waals surface area contributed by atoms with Gasteiger partial charge in [0.2, 0.25) is 0 Å². The second kappa shape index (κ2) is 7.07. The van der Waals surface area contributed by atoms with Gasteiger partial charge in [0.1, 0.15) is 0 Å². The fourth-order valence-corrected chi connectivity index (χ4v) is 2.20. The third kappa shape index (κ3) is 3.64. The second-order valence-corrected chi connectivity index (χ2v) is 5.44. The molecule has 2 rings (SSSR count). The van der Waals surface area contributed by atoms with Gasteiger partial charge in [0.05, 0.1) is 13.2 Å². The van der Waals surface area contributed by atoms with Gasteiger partial charge in [0, 0.05) is 11.8 Å². The maximum Gasteiger partial charge on any atom is 0.293 e. The number of carbonyl (C=O) groups is 1. The molecule has 1 aromatic carbocycles. The van der Waals surface area contributed by atoms with Gasteiger partial charge >= 0.3 is 0 Å². The van der Waals surface area contributed by atoms with E-state index in [4.69, 9.17) is 4.74 Å². The summed E-state index contributed by atoms with van der Waals surface area (Å²) in [6, 6.07) is 10.9. The summed E-state index contributed by atoms with van der Waals surface area (Å²) in [5.41, 5.74) is 1.52. The lowest BCUT2D eigenvalue weighted by molar-refractivity contribution is 0.0970. The van der Waals surface area contributed by atoms with Crippen molar-refractivity contribution in [1.29, 1.82) is 0 Å². The molecule has 0 saturated carbocycles. The van der Waals surface area contributed by atoms with Crippen molar-refractivity contribution in [2.75, 3.05) is 6.61 Å². The van der Waals surface area contributed by atoms with E-state index in [1.165, 1.54) is 10.1 Å². The summed E-state index contributed by atoms with van der Waals surface area (Å²) in [7, 11) is 0. The van der Waals surface area contributed by atoms with Crippen LogP contribution in [-0.2, 0) is 6.54 Å². The first kappa shape index (κ1) is 16.0. The summed E-state index contributed by atoms with van der Waals surface area (Å²) in [6.07, 6.45) is 1.60. The van der Waals surface area contributed by atoms with Crippen LogP contribution in [-0.4, -0.2) is 17.0 Å². The summed E-state index contributed by atoms with van der Waals surface area (Å²) in [6.45, 7) is 6.47. The molecule has 0 spiro atoms. The fourth-order valence-electron chi connectivity index (χ4n) is 2.20. The summed E-state index contributed by atoms with van der Waals surface area (Å²) in [5, 5.41) is 0. The highest BCUT2D eigenvalue weighted by Gasteiger charge is 2.10. The van der Waals surface area contributed by atoms with Crippen molar-refractivity contribution in [3.63, 3.8) is 0 Å². The van der Waals surface area contributed by atoms with Gasteiger partial charge in [-0.2, -0.15) is 0 Å². The zero-order chi connectivity index (χ0) is 16.1. The number of pyridine rings is 1. The third-order valence-corrected chi connectivity index (χ3v) is 3.50. The van der Waals surface area contributed by atoms with E-state index in [0.717, 1.165) is 0 Å². The van der Waals surface area contributed by atoms with Gasteiger partial charge in [0.25, 0.3) is 5.56 Å². The number of ether oxygens (including phenoxy) is 1. The molecule has 116 valence electrons. The molecule has 0 saturated heterocycles. The second-order valence-electron chi connectivity index (χ2n) is 5.44. The molecular formula is C18H21NO3. The van der Waals surface area contributed by atoms with Gasteiger partial charge in [-0.15, -0.1) is 0 Å². The Morgan fingerprint density at radius 1 is 1.18 bits per heavy atom. The average molecular weight is 299 g/mol. The summed E-state index contributed by atoms with van der Waals surface area (Å²) >= 11 is 0. The van der Waals surface area contributed by atoms with E-state index < -0.39 is 0 Å². The molecule has 0 radical (unpaired) electrons. The highest BCUT2D eigenvalue weighted by Crippen LogP contribution is 2.15. The Morgan fingerprint density at radius 3 is 2.45 bits per heavy atom. The van der Waals surface area contributed by atoms with Gasteiger partial charge in [-0.3, -0.25) is 9.59 Å². The van der Waals surface area contributed by atoms with Crippen LogP contribution >= 0.6 is 0 Å². The van der Waals surface area contributed by atoms with E-state index in [1.54, 1.807) is 18.3 Å². The minimum absolute atomic E-state index is 0.0147. The van der Waals surface area contributed by atoms with Gasteiger partial charge in [-0.1, -0.05) is 38.1 Å². The number of nitrogens with zero attached hydrogens (tertiary/aromatic N) is 1. The van der Waals surface area contributed by atoms with E-state index in [2.05, 4.69) is 13.8 Å². The van der Waals surface area contributed by atoms with E-state index in [1.807, 2.05) is 31.2 Å². The van der Waals surface area contributed by atoms with Crippen molar-refractivity contribution in [3.05, 3.63) is 64.1 Å². The van der Waals surface area contributed by atoms with Gasteiger partial charge in [0.15, 0.2) is 11.5 Å². The molecule has 4 heteroatoms. The molecule has 1 aromatic heterocycles. The maximum atomic E-state index is 12.3. The predicted molar refractivity (Wildman–Crippen MR) is 86.7 cm³/mol. The highest BCUT2D eigenvalue weighted by molar-refractivity contribution is 5.95. The molecule has 0 aliphatic rings. The van der Waals surface area contributed by atoms with Crippen LogP contribution in [0.4, 0.5) is 0 Å². The number of rotatable bonds is 6. The van der Waals surface area contributed by atoms with Gasteiger partial charge < -0.3 is 9.30 Å². The Bertz CT molecular complexity index is 699. The molecule has 0 amide bonds. The van der Waals surface area contributed by atoms with Crippen LogP contribution in [0.15, 0.2) is 47.4 Å². The zero-order valence-electron chi connectivity index (χ0n) is 13.2. The number of ketones is 1. The van der Waals surface area contributed by atoms with E-state index in [-0.39, 0.29) is 23.6 Å². The summed E-state index contributed by atoms with van der Waals surface area (Å²) in [4.78, 5) is 24.5. The molecule has 0 aliphatic heterocycles. The minimum Gasteiger partial charge on any atom is -0.488 e. The van der Waals surface area contributed by atoms with Gasteiger partial charge in [-0.05, 0) is 30.5 Å². The Kier molecular flexibility index (Phi) is 5.15. The first-order chi connectivity index (χ1) is 10.5. The largest absolute Gasteiger partial charge is 0.488 e. The Morgan fingerprint density at radius 2 is 1.86 bits per heavy atom. The Balaban J connectivity index is 2.18. The number of Topliss-reactive ketones (excluding diaryl/α,β-unsaturated/α-hetero) is 1. The highest BCUT2D eigenvalue weighted by atomic mass is 16.5. The zero-order valence-corrected chi connectivity index (χ0v) is 13.2. The van der Waals surface area contributed by atoms with E-state index in [9.17, 15) is 9.59 Å². The normalized spacial score (nSPS) is 10.7. The minimum atomic E-state index is -0.281. The van der Waals surface area contributed by atoms with Crippen molar-refractivity contribution < 1.29 is 9.53 Å². The first-order valence-electron chi connectivity index (χ1n) is 7.48. The Hall–Kier alpha value is -2.36. The monoisotopic (exact) mass is 299 g/mol. The SMILES string of the molecule is CCOc1cccn(CC(=O)c2ccc(C(C)C)cc2)c1=O. The van der Waals surface area contributed by atoms with Crippen LogP contribution < -0.4 is 10.3 Å². The van der Waals surface area contributed by atoms with Crippen LogP contribution in [0, 0.1) is 0 Å². The molecule has 1 heterocycles. The van der Waals surface area contributed by atoms with Crippen molar-refractivity contribution >= 4 is 5.78 Å². The fraction of sp³-hybridized carbons (Fsp3) is 0.333. The van der Waals surface area contributed by atoms with E-state index in [0.29, 0.717) is 18.1 Å². The predicted octanol–water partition coefficient (Wildman–Crippen LogP) is 3.25. The van der Waals surface area contributed by atoms with Crippen molar-refractivity contribution in [1.82, 2.24) is 4.57 Å². The molecule has 0 bridgehead atoms. The van der Waals surface area contributed by atoms with Crippen molar-refractivity contribution in [3.8, 4) is 5.75 Å². The molecule has 0 N–H and O–H groups in total. The maximum absolute atomic E-state index is 12.3. The average Bonchev–Trinajstić information content (AvgIpc) is 2.51. The number of carbonyl (C=O) groups excluding carboxylic acids is 1. The van der Waals surface area contributed by atoms with Crippen LogP contribution in [0.25, 0.3) is 0 Å². The quantitative estimate of drug-likeness (QED) is 0.769. The number of benzene rings is 1. The molecule has 4 nitrogen and oxygen atoms in total. The molecule has 2 aromatic rings. The van der Waals surface area contributed by atoms with Crippen LogP contribution in [0.2, 0.25) is 0 Å². The summed E-state index contributed by atoms with van der Waals surface area (Å²) < 4.78 is 6.64. The molecular weight excluding hydrogens is 278 g/mol. The van der Waals surface area contributed by atoms with Gasteiger partial charge in [-0.25, -0.2) is 0 Å².